The summed E-state index contributed by atoms with van der Waals surface area (Å²) < 4.78 is 4.92. The Bertz CT molecular complexity index is 3690. The third-order valence-electron chi connectivity index (χ3n) is 15.9. The van der Waals surface area contributed by atoms with Crippen LogP contribution in [0.4, 0.5) is 0 Å². The van der Waals surface area contributed by atoms with Gasteiger partial charge in [0.2, 0.25) is 0 Å². The second-order valence-electron chi connectivity index (χ2n) is 25.3. The highest BCUT2D eigenvalue weighted by Gasteiger charge is 2.24. The number of aromatic nitrogens is 2. The van der Waals surface area contributed by atoms with Gasteiger partial charge >= 0.3 is 0 Å². The number of nitrogens with zero attached hydrogens (tertiary/aromatic N) is 2. The van der Waals surface area contributed by atoms with Crippen molar-refractivity contribution in [3.8, 4) is 55.9 Å². The molecule has 74 heavy (non-hydrogen) atoms. The van der Waals surface area contributed by atoms with Crippen LogP contribution in [-0.2, 0) is 21.7 Å². The van der Waals surface area contributed by atoms with E-state index in [1.54, 1.807) is 0 Å². The fourth-order valence-corrected chi connectivity index (χ4v) is 11.4. The monoisotopic (exact) mass is 965 g/mol. The molecule has 9 aromatic carbocycles. The molecule has 0 saturated carbocycles. The predicted octanol–water partition coefficient (Wildman–Crippen LogP) is 20.4. The Morgan fingerprint density at radius 2 is 0.541 bits per heavy atom. The lowest BCUT2D eigenvalue weighted by molar-refractivity contribution is 0.590. The van der Waals surface area contributed by atoms with E-state index in [1.807, 2.05) is 0 Å². The number of benzene rings is 9. The molecule has 0 aliphatic carbocycles. The van der Waals surface area contributed by atoms with Crippen LogP contribution in [0.15, 0.2) is 182 Å². The van der Waals surface area contributed by atoms with Gasteiger partial charge in [-0.05, 0) is 173 Å². The van der Waals surface area contributed by atoms with Gasteiger partial charge < -0.3 is 9.13 Å². The van der Waals surface area contributed by atoms with Crippen LogP contribution in [0.1, 0.15) is 117 Å². The first-order chi connectivity index (χ1) is 35.0. The van der Waals surface area contributed by atoms with E-state index in [1.165, 1.54) is 133 Å². The number of fused-ring (bicyclic) bond motifs is 4. The predicted molar refractivity (Wildman–Crippen MR) is 321 cm³/mol. The van der Waals surface area contributed by atoms with E-state index in [2.05, 4.69) is 288 Å². The fourth-order valence-electron chi connectivity index (χ4n) is 11.4. The first-order valence-corrected chi connectivity index (χ1v) is 26.7. The summed E-state index contributed by atoms with van der Waals surface area (Å²) in [6, 6.07) is 69.4. The molecule has 2 nitrogen and oxygen atoms in total. The molecule has 0 unspecified atom stereocenters. The average molecular weight is 965 g/mol. The van der Waals surface area contributed by atoms with Crippen molar-refractivity contribution in [2.75, 3.05) is 0 Å². The molecule has 0 N–H and O–H groups in total. The van der Waals surface area contributed by atoms with E-state index < -0.39 is 0 Å². The van der Waals surface area contributed by atoms with Crippen molar-refractivity contribution >= 4 is 43.4 Å². The molecule has 11 rings (SSSR count). The van der Waals surface area contributed by atoms with Gasteiger partial charge in [0.1, 0.15) is 0 Å². The zero-order chi connectivity index (χ0) is 52.2. The lowest BCUT2D eigenvalue weighted by Crippen LogP contribution is -2.10. The molecule has 0 radical (unpaired) electrons. The fraction of sp³-hybridized carbons (Fsp3) is 0.250. The van der Waals surface area contributed by atoms with Gasteiger partial charge in [0, 0.05) is 44.7 Å². The lowest BCUT2D eigenvalue weighted by Gasteiger charge is -2.20. The summed E-state index contributed by atoms with van der Waals surface area (Å²) in [5.41, 5.74) is 23.0. The van der Waals surface area contributed by atoms with Gasteiger partial charge in [-0.15, -0.1) is 0 Å². The summed E-state index contributed by atoms with van der Waals surface area (Å²) >= 11 is 0. The van der Waals surface area contributed by atoms with Crippen molar-refractivity contribution in [2.45, 2.75) is 119 Å². The van der Waals surface area contributed by atoms with Crippen molar-refractivity contribution in [3.63, 3.8) is 0 Å². The van der Waals surface area contributed by atoms with Crippen LogP contribution in [-0.4, -0.2) is 9.13 Å². The van der Waals surface area contributed by atoms with Crippen molar-refractivity contribution in [3.05, 3.63) is 216 Å². The van der Waals surface area contributed by atoms with Gasteiger partial charge in [-0.3, -0.25) is 0 Å². The molecule has 0 amide bonds. The zero-order valence-corrected chi connectivity index (χ0v) is 46.2. The second kappa shape index (κ2) is 17.6. The van der Waals surface area contributed by atoms with Crippen molar-refractivity contribution < 1.29 is 0 Å². The Morgan fingerprint density at radius 3 is 0.878 bits per heavy atom. The standard InChI is InChI=1S/C72H72N2/c1-45-67(49-23-29-57(30-24-49)69(3,4)5)63-43-59(71(9,10)11)33-37-65(63)73(45)61-35-27-53-39-51(19-21-55(53)41-61)47-15-17-48(18-16-47)52-20-22-56-42-62(36-28-54(56)40-52)74-46(2)68(50-25-31-58(32-26-50)70(6,7)8)64-44-60(72(12,13)14)34-38-66(64)74/h15-44H,1-14H3. The molecule has 2 heterocycles. The lowest BCUT2D eigenvalue weighted by atomic mass is 9.85. The Morgan fingerprint density at radius 1 is 0.257 bits per heavy atom. The molecule has 370 valence electrons. The maximum absolute atomic E-state index is 2.46. The molecule has 11 aromatic rings. The van der Waals surface area contributed by atoms with Crippen LogP contribution < -0.4 is 0 Å². The zero-order valence-electron chi connectivity index (χ0n) is 46.2. The van der Waals surface area contributed by atoms with Gasteiger partial charge in [0.15, 0.2) is 0 Å². The Kier molecular flexibility index (Phi) is 11.6. The Labute approximate surface area is 440 Å². The summed E-state index contributed by atoms with van der Waals surface area (Å²) in [6.45, 7) is 32.1. The normalized spacial score (nSPS) is 12.7. The Balaban J connectivity index is 0.882. The van der Waals surface area contributed by atoms with Gasteiger partial charge in [0.05, 0.1) is 11.0 Å². The van der Waals surface area contributed by atoms with Gasteiger partial charge in [-0.25, -0.2) is 0 Å². The van der Waals surface area contributed by atoms with Crippen LogP contribution >= 0.6 is 0 Å². The minimum Gasteiger partial charge on any atom is -0.313 e. The van der Waals surface area contributed by atoms with Crippen molar-refractivity contribution in [1.29, 1.82) is 0 Å². The molecule has 0 atom stereocenters. The molecule has 0 aliphatic heterocycles. The van der Waals surface area contributed by atoms with Gasteiger partial charge in [-0.2, -0.15) is 0 Å². The minimum absolute atomic E-state index is 0.0457. The van der Waals surface area contributed by atoms with Crippen molar-refractivity contribution in [1.82, 2.24) is 9.13 Å². The van der Waals surface area contributed by atoms with Crippen LogP contribution in [0.3, 0.4) is 0 Å². The molecule has 0 fully saturated rings. The highest BCUT2D eigenvalue weighted by molar-refractivity contribution is 6.02. The molecule has 0 bridgehead atoms. The first-order valence-electron chi connectivity index (χ1n) is 26.7. The van der Waals surface area contributed by atoms with Crippen LogP contribution in [0, 0.1) is 13.8 Å². The highest BCUT2D eigenvalue weighted by Crippen LogP contribution is 2.43. The summed E-state index contributed by atoms with van der Waals surface area (Å²) in [4.78, 5) is 0. The molecule has 2 heteroatoms. The number of hydrogen-bond donors (Lipinski definition) is 0. The van der Waals surface area contributed by atoms with Crippen molar-refractivity contribution in [2.24, 2.45) is 0 Å². The van der Waals surface area contributed by atoms with Gasteiger partial charge in [-0.1, -0.05) is 204 Å². The largest absolute Gasteiger partial charge is 0.313 e. The summed E-state index contributed by atoms with van der Waals surface area (Å²) in [7, 11) is 0. The number of rotatable bonds is 6. The second-order valence-corrected chi connectivity index (χ2v) is 25.3. The topological polar surface area (TPSA) is 9.86 Å². The van der Waals surface area contributed by atoms with Crippen LogP contribution in [0.5, 0.6) is 0 Å². The van der Waals surface area contributed by atoms with E-state index in [9.17, 15) is 0 Å². The molecular formula is C72H72N2. The van der Waals surface area contributed by atoms with E-state index >= 15 is 0 Å². The smallest absolute Gasteiger partial charge is 0.0538 e. The molecule has 0 aliphatic rings. The highest BCUT2D eigenvalue weighted by atomic mass is 15.0. The SMILES string of the molecule is Cc1c(-c2ccc(C(C)(C)C)cc2)c2cc(C(C)(C)C)ccc2n1-c1ccc2cc(-c3ccc(-c4ccc5cc(-n6c(C)c(-c7ccc(C(C)(C)C)cc7)c7cc(C(C)(C)C)ccc76)ccc5c4)cc3)ccc2c1. The molecule has 0 saturated heterocycles. The van der Waals surface area contributed by atoms with E-state index in [-0.39, 0.29) is 21.7 Å². The quantitative estimate of drug-likeness (QED) is 0.157. The van der Waals surface area contributed by atoms with E-state index in [4.69, 9.17) is 0 Å². The summed E-state index contributed by atoms with van der Waals surface area (Å²) in [5.74, 6) is 0. The molecule has 2 aromatic heterocycles. The first kappa shape index (κ1) is 48.8. The number of hydrogen-bond acceptors (Lipinski definition) is 0. The maximum atomic E-state index is 2.46. The molecular weight excluding hydrogens is 893 g/mol. The van der Waals surface area contributed by atoms with E-state index in [0.717, 1.165) is 0 Å². The third kappa shape index (κ3) is 8.77. The average Bonchev–Trinajstić information content (AvgIpc) is 3.83. The van der Waals surface area contributed by atoms with Gasteiger partial charge in [0.25, 0.3) is 0 Å². The third-order valence-corrected chi connectivity index (χ3v) is 15.9. The van der Waals surface area contributed by atoms with E-state index in [0.29, 0.717) is 0 Å². The van der Waals surface area contributed by atoms with Crippen LogP contribution in [0.25, 0.3) is 99.2 Å². The molecule has 0 spiro atoms. The maximum Gasteiger partial charge on any atom is 0.0538 e. The summed E-state index contributed by atoms with van der Waals surface area (Å²) in [6.07, 6.45) is 0. The Hall–Kier alpha value is -7.42. The van der Waals surface area contributed by atoms with Crippen LogP contribution in [0.2, 0.25) is 0 Å². The minimum atomic E-state index is 0.0457. The summed E-state index contributed by atoms with van der Waals surface area (Å²) in [5, 5.41) is 7.52.